The lowest BCUT2D eigenvalue weighted by Crippen LogP contribution is -2.02. The molecule has 0 radical (unpaired) electrons. The molecule has 2 nitrogen and oxygen atoms in total. The van der Waals surface area contributed by atoms with Gasteiger partial charge in [-0.15, -0.1) is 0 Å². The van der Waals surface area contributed by atoms with Gasteiger partial charge < -0.3 is 4.74 Å². The predicted molar refractivity (Wildman–Crippen MR) is 59.8 cm³/mol. The van der Waals surface area contributed by atoms with E-state index in [0.717, 1.165) is 12.1 Å². The van der Waals surface area contributed by atoms with Crippen LogP contribution < -0.4 is 4.74 Å². The Kier molecular flexibility index (Phi) is 3.49. The molecule has 0 amide bonds. The van der Waals surface area contributed by atoms with E-state index in [4.69, 9.17) is 4.74 Å². The molecule has 0 atom stereocenters. The normalized spacial score (nSPS) is 10.1. The molecule has 82 valence electrons. The standard InChI is InChI=1S/C13H12FNO/c14-11-4-6-13(7-5-11)16-10-8-12-3-1-2-9-15-12/h1-7,9H,8,10H2. The Bertz CT molecular complexity index is 427. The van der Waals surface area contributed by atoms with Crippen LogP contribution in [-0.4, -0.2) is 11.6 Å². The summed E-state index contributed by atoms with van der Waals surface area (Å²) in [6, 6.07) is 11.8. The van der Waals surface area contributed by atoms with Crippen LogP contribution in [-0.2, 0) is 6.42 Å². The van der Waals surface area contributed by atoms with Crippen LogP contribution in [0.3, 0.4) is 0 Å². The maximum Gasteiger partial charge on any atom is 0.123 e. The topological polar surface area (TPSA) is 22.1 Å². The van der Waals surface area contributed by atoms with Crippen molar-refractivity contribution in [2.75, 3.05) is 6.61 Å². The minimum absolute atomic E-state index is 0.253. The average molecular weight is 217 g/mol. The minimum atomic E-state index is -0.253. The van der Waals surface area contributed by atoms with Crippen LogP contribution in [0, 0.1) is 5.82 Å². The van der Waals surface area contributed by atoms with Gasteiger partial charge in [-0.3, -0.25) is 4.98 Å². The van der Waals surface area contributed by atoms with Gasteiger partial charge in [0, 0.05) is 18.3 Å². The number of benzene rings is 1. The zero-order chi connectivity index (χ0) is 11.2. The minimum Gasteiger partial charge on any atom is -0.493 e. The van der Waals surface area contributed by atoms with E-state index in [9.17, 15) is 4.39 Å². The SMILES string of the molecule is Fc1ccc(OCCc2ccccn2)cc1. The Morgan fingerprint density at radius 2 is 1.88 bits per heavy atom. The fourth-order valence-corrected chi connectivity index (χ4v) is 1.35. The van der Waals surface area contributed by atoms with Crippen LogP contribution in [0.1, 0.15) is 5.69 Å². The molecule has 16 heavy (non-hydrogen) atoms. The summed E-state index contributed by atoms with van der Waals surface area (Å²) >= 11 is 0. The fraction of sp³-hybridized carbons (Fsp3) is 0.154. The number of pyridine rings is 1. The summed E-state index contributed by atoms with van der Waals surface area (Å²) in [6.45, 7) is 0.544. The Morgan fingerprint density at radius 3 is 2.56 bits per heavy atom. The first kappa shape index (κ1) is 10.6. The highest BCUT2D eigenvalue weighted by atomic mass is 19.1. The third kappa shape index (κ3) is 3.05. The molecule has 0 spiro atoms. The van der Waals surface area contributed by atoms with Gasteiger partial charge in [0.1, 0.15) is 11.6 Å². The predicted octanol–water partition coefficient (Wildman–Crippen LogP) is 2.84. The monoisotopic (exact) mass is 217 g/mol. The van der Waals surface area contributed by atoms with Crippen LogP contribution in [0.4, 0.5) is 4.39 Å². The van der Waals surface area contributed by atoms with E-state index >= 15 is 0 Å². The molecule has 1 aromatic carbocycles. The Balaban J connectivity index is 1.82. The molecule has 0 aliphatic rings. The molecule has 2 aromatic rings. The number of hydrogen-bond donors (Lipinski definition) is 0. The second kappa shape index (κ2) is 5.26. The summed E-state index contributed by atoms with van der Waals surface area (Å²) in [5.74, 6) is 0.425. The largest absolute Gasteiger partial charge is 0.493 e. The van der Waals surface area contributed by atoms with E-state index in [2.05, 4.69) is 4.98 Å². The van der Waals surface area contributed by atoms with Crippen LogP contribution in [0.25, 0.3) is 0 Å². The highest BCUT2D eigenvalue weighted by Gasteiger charge is 1.96. The number of aromatic nitrogens is 1. The van der Waals surface area contributed by atoms with Gasteiger partial charge in [0.25, 0.3) is 0 Å². The maximum absolute atomic E-state index is 12.6. The lowest BCUT2D eigenvalue weighted by molar-refractivity contribution is 0.320. The number of ether oxygens (including phenoxy) is 1. The van der Waals surface area contributed by atoms with Gasteiger partial charge in [-0.25, -0.2) is 4.39 Å². The van der Waals surface area contributed by atoms with E-state index in [0.29, 0.717) is 12.4 Å². The molecule has 0 saturated heterocycles. The maximum atomic E-state index is 12.6. The van der Waals surface area contributed by atoms with Crippen molar-refractivity contribution in [2.24, 2.45) is 0 Å². The van der Waals surface area contributed by atoms with Crippen LogP contribution >= 0.6 is 0 Å². The lowest BCUT2D eigenvalue weighted by Gasteiger charge is -2.05. The van der Waals surface area contributed by atoms with E-state index < -0.39 is 0 Å². The molecule has 0 saturated carbocycles. The van der Waals surface area contributed by atoms with Gasteiger partial charge >= 0.3 is 0 Å². The Hall–Kier alpha value is -1.90. The summed E-state index contributed by atoms with van der Waals surface area (Å²) in [7, 11) is 0. The lowest BCUT2D eigenvalue weighted by atomic mass is 10.3. The van der Waals surface area contributed by atoms with Crippen molar-refractivity contribution in [1.29, 1.82) is 0 Å². The zero-order valence-corrected chi connectivity index (χ0v) is 8.77. The molecule has 1 heterocycles. The summed E-state index contributed by atoms with van der Waals surface area (Å²) in [6.07, 6.45) is 2.51. The third-order valence-electron chi connectivity index (χ3n) is 2.17. The van der Waals surface area contributed by atoms with E-state index in [-0.39, 0.29) is 5.82 Å². The van der Waals surface area contributed by atoms with Crippen LogP contribution in [0.2, 0.25) is 0 Å². The van der Waals surface area contributed by atoms with E-state index in [1.807, 2.05) is 18.2 Å². The van der Waals surface area contributed by atoms with Crippen LogP contribution in [0.5, 0.6) is 5.75 Å². The fourth-order valence-electron chi connectivity index (χ4n) is 1.35. The Morgan fingerprint density at radius 1 is 1.06 bits per heavy atom. The first-order valence-electron chi connectivity index (χ1n) is 5.13. The van der Waals surface area contributed by atoms with Crippen molar-refractivity contribution in [3.8, 4) is 5.75 Å². The van der Waals surface area contributed by atoms with Gasteiger partial charge in [-0.2, -0.15) is 0 Å². The first-order valence-corrected chi connectivity index (χ1v) is 5.13. The van der Waals surface area contributed by atoms with Crippen molar-refractivity contribution in [3.05, 3.63) is 60.2 Å². The smallest absolute Gasteiger partial charge is 0.123 e. The number of rotatable bonds is 4. The quantitative estimate of drug-likeness (QED) is 0.785. The molecule has 0 unspecified atom stereocenters. The van der Waals surface area contributed by atoms with Crippen molar-refractivity contribution < 1.29 is 9.13 Å². The van der Waals surface area contributed by atoms with Gasteiger partial charge in [0.15, 0.2) is 0 Å². The van der Waals surface area contributed by atoms with Gasteiger partial charge in [0.05, 0.1) is 6.61 Å². The molecule has 1 aromatic heterocycles. The average Bonchev–Trinajstić information content (AvgIpc) is 2.33. The molecule has 0 aliphatic heterocycles. The summed E-state index contributed by atoms with van der Waals surface area (Å²) in [5.41, 5.74) is 0.990. The van der Waals surface area contributed by atoms with Gasteiger partial charge in [-0.1, -0.05) is 6.07 Å². The van der Waals surface area contributed by atoms with Gasteiger partial charge in [-0.05, 0) is 36.4 Å². The molecule has 0 bridgehead atoms. The highest BCUT2D eigenvalue weighted by molar-refractivity contribution is 5.22. The molecule has 3 heteroatoms. The molecular formula is C13H12FNO. The first-order chi connectivity index (χ1) is 7.84. The highest BCUT2D eigenvalue weighted by Crippen LogP contribution is 2.11. The van der Waals surface area contributed by atoms with Crippen molar-refractivity contribution in [1.82, 2.24) is 4.98 Å². The Labute approximate surface area is 93.7 Å². The molecule has 2 rings (SSSR count). The molecular weight excluding hydrogens is 205 g/mol. The summed E-state index contributed by atoms with van der Waals surface area (Å²) < 4.78 is 18.1. The van der Waals surface area contributed by atoms with Gasteiger partial charge in [0.2, 0.25) is 0 Å². The number of hydrogen-bond acceptors (Lipinski definition) is 2. The third-order valence-corrected chi connectivity index (χ3v) is 2.17. The van der Waals surface area contributed by atoms with Crippen molar-refractivity contribution in [2.45, 2.75) is 6.42 Å². The number of nitrogens with zero attached hydrogens (tertiary/aromatic N) is 1. The summed E-state index contributed by atoms with van der Waals surface area (Å²) in [4.78, 5) is 4.18. The van der Waals surface area contributed by atoms with Crippen molar-refractivity contribution in [3.63, 3.8) is 0 Å². The van der Waals surface area contributed by atoms with E-state index in [1.165, 1.54) is 12.1 Å². The van der Waals surface area contributed by atoms with Crippen LogP contribution in [0.15, 0.2) is 48.7 Å². The second-order valence-electron chi connectivity index (χ2n) is 3.37. The molecule has 0 fully saturated rings. The zero-order valence-electron chi connectivity index (χ0n) is 8.77. The van der Waals surface area contributed by atoms with E-state index in [1.54, 1.807) is 18.3 Å². The molecule has 0 N–H and O–H groups in total. The molecule has 0 aliphatic carbocycles. The number of halogens is 1. The van der Waals surface area contributed by atoms with Crippen molar-refractivity contribution >= 4 is 0 Å². The second-order valence-corrected chi connectivity index (χ2v) is 3.37. The summed E-state index contributed by atoms with van der Waals surface area (Å²) in [5, 5.41) is 0.